The minimum atomic E-state index is -0.291. The molecule has 6 nitrogen and oxygen atoms in total. The maximum absolute atomic E-state index is 14.2. The smallest absolute Gasteiger partial charge is 0.254 e. The number of nitrogens with zero attached hydrogens (tertiary/aromatic N) is 5. The highest BCUT2D eigenvalue weighted by Crippen LogP contribution is 2.31. The van der Waals surface area contributed by atoms with E-state index in [1.807, 2.05) is 46.8 Å². The number of piperazine rings is 1. The van der Waals surface area contributed by atoms with E-state index in [9.17, 15) is 9.18 Å². The van der Waals surface area contributed by atoms with Crippen LogP contribution in [0.15, 0.2) is 48.5 Å². The van der Waals surface area contributed by atoms with E-state index >= 15 is 0 Å². The van der Waals surface area contributed by atoms with Gasteiger partial charge in [-0.15, -0.1) is 0 Å². The summed E-state index contributed by atoms with van der Waals surface area (Å²) in [5, 5.41) is 4.89. The second kappa shape index (κ2) is 11.9. The van der Waals surface area contributed by atoms with Crippen molar-refractivity contribution < 1.29 is 9.18 Å². The molecule has 1 aromatic heterocycles. The molecule has 0 saturated carbocycles. The summed E-state index contributed by atoms with van der Waals surface area (Å²) < 4.78 is 16.1. The Labute approximate surface area is 220 Å². The van der Waals surface area contributed by atoms with Crippen molar-refractivity contribution in [2.45, 2.75) is 60.0 Å². The second-order valence-electron chi connectivity index (χ2n) is 9.94. The van der Waals surface area contributed by atoms with Gasteiger partial charge in [0.05, 0.1) is 17.9 Å². The van der Waals surface area contributed by atoms with Gasteiger partial charge in [0.25, 0.3) is 5.91 Å². The Balaban J connectivity index is 1.75. The molecule has 1 fully saturated rings. The summed E-state index contributed by atoms with van der Waals surface area (Å²) in [5.41, 5.74) is 4.49. The highest BCUT2D eigenvalue weighted by Gasteiger charge is 2.29. The molecule has 0 spiro atoms. The van der Waals surface area contributed by atoms with Crippen LogP contribution in [-0.4, -0.2) is 64.3 Å². The first-order chi connectivity index (χ1) is 17.9. The third-order valence-corrected chi connectivity index (χ3v) is 7.65. The minimum Gasteiger partial charge on any atom is -0.354 e. The largest absolute Gasteiger partial charge is 0.354 e. The van der Waals surface area contributed by atoms with E-state index < -0.39 is 0 Å². The summed E-state index contributed by atoms with van der Waals surface area (Å²) in [4.78, 5) is 20.5. The highest BCUT2D eigenvalue weighted by atomic mass is 19.1. The molecule has 2 aromatic carbocycles. The number of carbonyl (C=O) groups is 1. The van der Waals surface area contributed by atoms with Crippen LogP contribution in [-0.2, 0) is 13.0 Å². The Morgan fingerprint density at radius 3 is 2.35 bits per heavy atom. The zero-order valence-corrected chi connectivity index (χ0v) is 22.9. The molecule has 0 radical (unpaired) electrons. The lowest BCUT2D eigenvalue weighted by molar-refractivity contribution is 0.0671. The Hall–Kier alpha value is -3.19. The predicted molar refractivity (Wildman–Crippen MR) is 148 cm³/mol. The highest BCUT2D eigenvalue weighted by molar-refractivity contribution is 5.94. The van der Waals surface area contributed by atoms with Gasteiger partial charge in [0.2, 0.25) is 0 Å². The molecule has 1 aliphatic rings. The quantitative estimate of drug-likeness (QED) is 0.387. The van der Waals surface area contributed by atoms with Crippen molar-refractivity contribution in [1.29, 1.82) is 0 Å². The van der Waals surface area contributed by atoms with Crippen LogP contribution in [0.3, 0.4) is 0 Å². The Morgan fingerprint density at radius 2 is 1.76 bits per heavy atom. The monoisotopic (exact) mass is 505 g/mol. The van der Waals surface area contributed by atoms with Gasteiger partial charge < -0.3 is 14.7 Å². The summed E-state index contributed by atoms with van der Waals surface area (Å²) in [6.45, 7) is 15.6. The lowest BCUT2D eigenvalue weighted by Crippen LogP contribution is -2.47. The molecule has 1 atom stereocenters. The van der Waals surface area contributed by atoms with Gasteiger partial charge in [0.15, 0.2) is 0 Å². The molecule has 0 N–H and O–H groups in total. The number of aryl methyl sites for hydroxylation is 2. The molecule has 4 rings (SSSR count). The van der Waals surface area contributed by atoms with Gasteiger partial charge in [-0.2, -0.15) is 5.10 Å². The standard InChI is InChI=1S/C30H40FN5O/c1-6-22(4)35(30(37)25-14-12-24(7-2)13-15-25)21-28-23(5)32-36(27-11-9-10-26(31)20-27)29(28)34-18-16-33(8-3)17-19-34/h9-15,20,22H,6-8,16-19,21H2,1-5H3/t22-/m0/s1. The molecule has 0 aliphatic carbocycles. The number of halogens is 1. The fraction of sp³-hybridized carbons (Fsp3) is 0.467. The van der Waals surface area contributed by atoms with Crippen molar-refractivity contribution in [1.82, 2.24) is 19.6 Å². The topological polar surface area (TPSA) is 44.6 Å². The molecule has 7 heteroatoms. The Kier molecular flexibility index (Phi) is 8.64. The number of aromatic nitrogens is 2. The molecule has 3 aromatic rings. The van der Waals surface area contributed by atoms with Crippen molar-refractivity contribution in [2.24, 2.45) is 0 Å². The summed E-state index contributed by atoms with van der Waals surface area (Å²) >= 11 is 0. The lowest BCUT2D eigenvalue weighted by atomic mass is 10.1. The van der Waals surface area contributed by atoms with E-state index in [0.29, 0.717) is 17.8 Å². The van der Waals surface area contributed by atoms with Crippen LogP contribution >= 0.6 is 0 Å². The van der Waals surface area contributed by atoms with Crippen LogP contribution in [0.4, 0.5) is 10.2 Å². The molecule has 1 amide bonds. The van der Waals surface area contributed by atoms with E-state index in [1.165, 1.54) is 17.7 Å². The van der Waals surface area contributed by atoms with E-state index in [1.54, 1.807) is 6.07 Å². The maximum Gasteiger partial charge on any atom is 0.254 e. The third kappa shape index (κ3) is 5.87. The van der Waals surface area contributed by atoms with Crippen molar-refractivity contribution in [3.8, 4) is 5.69 Å². The zero-order valence-electron chi connectivity index (χ0n) is 22.9. The number of hydrogen-bond acceptors (Lipinski definition) is 4. The number of hydrogen-bond donors (Lipinski definition) is 0. The first-order valence-corrected chi connectivity index (χ1v) is 13.6. The van der Waals surface area contributed by atoms with Crippen LogP contribution in [0.5, 0.6) is 0 Å². The zero-order chi connectivity index (χ0) is 26.5. The Morgan fingerprint density at radius 1 is 1.05 bits per heavy atom. The predicted octanol–water partition coefficient (Wildman–Crippen LogP) is 5.47. The SMILES string of the molecule is CCc1ccc(C(=O)N(Cc2c(C)nn(-c3cccc(F)c3)c2N2CCN(CC)CC2)[C@@H](C)CC)cc1. The van der Waals surface area contributed by atoms with Gasteiger partial charge in [-0.25, -0.2) is 9.07 Å². The average Bonchev–Trinajstić information content (AvgIpc) is 3.26. The minimum absolute atomic E-state index is 0.0247. The molecular formula is C30H40FN5O. The third-order valence-electron chi connectivity index (χ3n) is 7.65. The van der Waals surface area contributed by atoms with Crippen LogP contribution < -0.4 is 4.90 Å². The number of likely N-dealkylation sites (N-methyl/N-ethyl adjacent to an activating group) is 1. The van der Waals surface area contributed by atoms with Crippen LogP contribution in [0.1, 0.15) is 61.3 Å². The van der Waals surface area contributed by atoms with Crippen molar-refractivity contribution >= 4 is 11.7 Å². The molecular weight excluding hydrogens is 465 g/mol. The lowest BCUT2D eigenvalue weighted by Gasteiger charge is -2.37. The molecule has 1 saturated heterocycles. The molecule has 2 heterocycles. The molecule has 37 heavy (non-hydrogen) atoms. The Bertz CT molecular complexity index is 1200. The first-order valence-electron chi connectivity index (χ1n) is 13.6. The maximum atomic E-state index is 14.2. The van der Waals surface area contributed by atoms with Gasteiger partial charge in [-0.05, 0) is 69.1 Å². The fourth-order valence-electron chi connectivity index (χ4n) is 4.99. The molecule has 1 aliphatic heterocycles. The van der Waals surface area contributed by atoms with E-state index in [-0.39, 0.29) is 17.8 Å². The van der Waals surface area contributed by atoms with Crippen LogP contribution in [0.2, 0.25) is 0 Å². The molecule has 0 bridgehead atoms. The van der Waals surface area contributed by atoms with Crippen LogP contribution in [0.25, 0.3) is 5.69 Å². The number of anilines is 1. The van der Waals surface area contributed by atoms with E-state index in [0.717, 1.165) is 62.6 Å². The average molecular weight is 506 g/mol. The fourth-order valence-corrected chi connectivity index (χ4v) is 4.99. The van der Waals surface area contributed by atoms with E-state index in [4.69, 9.17) is 5.10 Å². The van der Waals surface area contributed by atoms with Crippen molar-refractivity contribution in [3.63, 3.8) is 0 Å². The summed E-state index contributed by atoms with van der Waals surface area (Å²) in [6, 6.07) is 14.6. The van der Waals surface area contributed by atoms with Gasteiger partial charge in [-0.3, -0.25) is 4.79 Å². The second-order valence-corrected chi connectivity index (χ2v) is 9.94. The normalized spacial score (nSPS) is 15.1. The number of carbonyl (C=O) groups excluding carboxylic acids is 1. The van der Waals surface area contributed by atoms with Crippen molar-refractivity contribution in [3.05, 3.63) is 76.7 Å². The van der Waals surface area contributed by atoms with E-state index in [2.05, 4.69) is 37.5 Å². The first kappa shape index (κ1) is 26.9. The molecule has 198 valence electrons. The van der Waals surface area contributed by atoms with Crippen molar-refractivity contribution in [2.75, 3.05) is 37.6 Å². The summed E-state index contributed by atoms with van der Waals surface area (Å²) in [7, 11) is 0. The van der Waals surface area contributed by atoms with Gasteiger partial charge in [0.1, 0.15) is 11.6 Å². The number of rotatable bonds is 9. The summed E-state index contributed by atoms with van der Waals surface area (Å²) in [5.74, 6) is 0.693. The van der Waals surface area contributed by atoms with Gasteiger partial charge in [-0.1, -0.05) is 39.0 Å². The molecule has 0 unspecified atom stereocenters. The van der Waals surface area contributed by atoms with Gasteiger partial charge >= 0.3 is 0 Å². The number of benzene rings is 2. The van der Waals surface area contributed by atoms with Crippen LogP contribution in [0, 0.1) is 12.7 Å². The summed E-state index contributed by atoms with van der Waals surface area (Å²) in [6.07, 6.45) is 1.79. The van der Waals surface area contributed by atoms with Gasteiger partial charge in [0, 0.05) is 43.3 Å². The number of amides is 1.